The molecule has 21 heavy (non-hydrogen) atoms. The van der Waals surface area contributed by atoms with E-state index in [1.54, 1.807) is 0 Å². The van der Waals surface area contributed by atoms with E-state index in [1.807, 2.05) is 25.7 Å². The maximum atomic E-state index is 12.3. The number of nitrogens with zero attached hydrogens (tertiary/aromatic N) is 1. The Hall–Kier alpha value is -1.10. The van der Waals surface area contributed by atoms with Gasteiger partial charge in [-0.1, -0.05) is 27.7 Å². The van der Waals surface area contributed by atoms with Gasteiger partial charge >= 0.3 is 0 Å². The van der Waals surface area contributed by atoms with Gasteiger partial charge in [-0.15, -0.1) is 0 Å². The third-order valence-corrected chi connectivity index (χ3v) is 3.75. The molecule has 0 bridgehead atoms. The third-order valence-electron chi connectivity index (χ3n) is 3.75. The van der Waals surface area contributed by atoms with Crippen LogP contribution in [0, 0.1) is 11.3 Å². The summed E-state index contributed by atoms with van der Waals surface area (Å²) >= 11 is 0. The molecule has 122 valence electrons. The zero-order valence-electron chi connectivity index (χ0n) is 14.0. The summed E-state index contributed by atoms with van der Waals surface area (Å²) in [7, 11) is 0. The van der Waals surface area contributed by atoms with Crippen molar-refractivity contribution >= 4 is 11.8 Å². The highest BCUT2D eigenvalue weighted by atomic mass is 16.2. The van der Waals surface area contributed by atoms with Crippen LogP contribution >= 0.6 is 0 Å². The first-order valence-corrected chi connectivity index (χ1v) is 8.14. The van der Waals surface area contributed by atoms with E-state index in [1.165, 1.54) is 0 Å². The molecule has 1 fully saturated rings. The molecule has 0 saturated carbocycles. The molecule has 1 atom stereocenters. The molecule has 2 N–H and O–H groups in total. The molecule has 2 amide bonds. The molecule has 1 rings (SSSR count). The molecule has 1 unspecified atom stereocenters. The predicted octanol–water partition coefficient (Wildman–Crippen LogP) is 1.39. The first-order valence-electron chi connectivity index (χ1n) is 8.14. The normalized spacial score (nSPS) is 19.4. The maximum Gasteiger partial charge on any atom is 0.227 e. The summed E-state index contributed by atoms with van der Waals surface area (Å²) in [5.41, 5.74) is -0.373. The molecule has 0 aliphatic carbocycles. The van der Waals surface area contributed by atoms with Crippen molar-refractivity contribution in [3.05, 3.63) is 0 Å². The summed E-state index contributed by atoms with van der Waals surface area (Å²) in [6.07, 6.45) is 2.89. The molecule has 5 heteroatoms. The van der Waals surface area contributed by atoms with Crippen molar-refractivity contribution in [2.24, 2.45) is 11.3 Å². The maximum absolute atomic E-state index is 12.3. The molecule has 0 spiro atoms. The van der Waals surface area contributed by atoms with Crippen LogP contribution in [0.2, 0.25) is 0 Å². The molecule has 0 aromatic heterocycles. The number of rotatable bonds is 6. The lowest BCUT2D eigenvalue weighted by atomic mass is 9.91. The third kappa shape index (κ3) is 6.04. The van der Waals surface area contributed by atoms with Crippen LogP contribution in [0.1, 0.15) is 47.0 Å². The van der Waals surface area contributed by atoms with Crippen molar-refractivity contribution < 1.29 is 9.59 Å². The van der Waals surface area contributed by atoms with Gasteiger partial charge in [-0.3, -0.25) is 9.59 Å². The first-order chi connectivity index (χ1) is 9.86. The van der Waals surface area contributed by atoms with E-state index in [0.29, 0.717) is 13.1 Å². The summed E-state index contributed by atoms with van der Waals surface area (Å²) in [6, 6.07) is 0. The van der Waals surface area contributed by atoms with E-state index in [2.05, 4.69) is 17.6 Å². The van der Waals surface area contributed by atoms with Gasteiger partial charge in [0, 0.05) is 31.6 Å². The van der Waals surface area contributed by atoms with E-state index in [-0.39, 0.29) is 23.1 Å². The molecule has 5 nitrogen and oxygen atoms in total. The summed E-state index contributed by atoms with van der Waals surface area (Å²) in [5, 5.41) is 6.23. The van der Waals surface area contributed by atoms with Crippen molar-refractivity contribution in [2.45, 2.75) is 47.0 Å². The van der Waals surface area contributed by atoms with E-state index < -0.39 is 0 Å². The monoisotopic (exact) mass is 297 g/mol. The van der Waals surface area contributed by atoms with Crippen LogP contribution < -0.4 is 10.6 Å². The molecular weight excluding hydrogens is 266 g/mol. The van der Waals surface area contributed by atoms with Crippen molar-refractivity contribution in [1.82, 2.24) is 15.5 Å². The second-order valence-corrected chi connectivity index (χ2v) is 6.88. The largest absolute Gasteiger partial charge is 0.355 e. The van der Waals surface area contributed by atoms with Crippen molar-refractivity contribution in [1.29, 1.82) is 0 Å². The average Bonchev–Trinajstić information content (AvgIpc) is 2.45. The zero-order chi connectivity index (χ0) is 15.9. The Morgan fingerprint density at radius 1 is 1.19 bits per heavy atom. The summed E-state index contributed by atoms with van der Waals surface area (Å²) in [4.78, 5) is 26.3. The highest BCUT2D eigenvalue weighted by Crippen LogP contribution is 2.23. The fraction of sp³-hybridized carbons (Fsp3) is 0.875. The number of carbonyl (C=O) groups is 2. The van der Waals surface area contributed by atoms with Gasteiger partial charge in [0.25, 0.3) is 0 Å². The lowest BCUT2D eigenvalue weighted by Gasteiger charge is -2.35. The fourth-order valence-corrected chi connectivity index (χ4v) is 2.57. The number of likely N-dealkylation sites (tertiary alicyclic amines) is 1. The Bertz CT molecular complexity index is 350. The van der Waals surface area contributed by atoms with Crippen LogP contribution in [-0.4, -0.2) is 49.4 Å². The minimum absolute atomic E-state index is 0.0591. The smallest absolute Gasteiger partial charge is 0.227 e. The number of nitrogens with one attached hydrogen (secondary N) is 2. The molecule has 1 heterocycles. The Morgan fingerprint density at radius 2 is 1.90 bits per heavy atom. The van der Waals surface area contributed by atoms with Crippen LogP contribution in [0.4, 0.5) is 0 Å². The average molecular weight is 297 g/mol. The Balaban J connectivity index is 2.38. The highest BCUT2D eigenvalue weighted by molar-refractivity contribution is 5.83. The van der Waals surface area contributed by atoms with Crippen LogP contribution in [-0.2, 0) is 9.59 Å². The number of piperidine rings is 1. The van der Waals surface area contributed by atoms with Crippen molar-refractivity contribution in [2.75, 3.05) is 32.7 Å². The van der Waals surface area contributed by atoms with Gasteiger partial charge in [0.05, 0.1) is 5.92 Å². The summed E-state index contributed by atoms with van der Waals surface area (Å²) in [6.45, 7) is 11.7. The topological polar surface area (TPSA) is 61.4 Å². The van der Waals surface area contributed by atoms with E-state index in [9.17, 15) is 9.59 Å². The first kappa shape index (κ1) is 18.0. The van der Waals surface area contributed by atoms with E-state index in [4.69, 9.17) is 0 Å². The molecule has 1 aliphatic rings. The van der Waals surface area contributed by atoms with E-state index >= 15 is 0 Å². The molecule has 0 radical (unpaired) electrons. The summed E-state index contributed by atoms with van der Waals surface area (Å²) < 4.78 is 0. The number of amides is 2. The Labute approximate surface area is 128 Å². The number of carbonyl (C=O) groups excluding carboxylic acids is 2. The predicted molar refractivity (Wildman–Crippen MR) is 84.9 cm³/mol. The van der Waals surface area contributed by atoms with Crippen LogP contribution in [0.3, 0.4) is 0 Å². The number of hydrogen-bond acceptors (Lipinski definition) is 3. The lowest BCUT2D eigenvalue weighted by molar-refractivity contribution is -0.142. The van der Waals surface area contributed by atoms with Crippen LogP contribution in [0.15, 0.2) is 0 Å². The van der Waals surface area contributed by atoms with Gasteiger partial charge in [-0.05, 0) is 25.8 Å². The lowest BCUT2D eigenvalue weighted by Crippen LogP contribution is -2.49. The van der Waals surface area contributed by atoms with Gasteiger partial charge in [-0.2, -0.15) is 0 Å². The van der Waals surface area contributed by atoms with Crippen molar-refractivity contribution in [3.63, 3.8) is 0 Å². The van der Waals surface area contributed by atoms with Gasteiger partial charge in [0.15, 0.2) is 0 Å². The molecule has 1 aliphatic heterocycles. The van der Waals surface area contributed by atoms with Crippen LogP contribution in [0.5, 0.6) is 0 Å². The van der Waals surface area contributed by atoms with Gasteiger partial charge in [0.2, 0.25) is 11.8 Å². The minimum Gasteiger partial charge on any atom is -0.355 e. The van der Waals surface area contributed by atoms with Crippen molar-refractivity contribution in [3.8, 4) is 0 Å². The molecule has 0 aromatic rings. The second kappa shape index (κ2) is 8.37. The quantitative estimate of drug-likeness (QED) is 0.728. The highest BCUT2D eigenvalue weighted by Gasteiger charge is 2.33. The molecular formula is C16H31N3O2. The SMILES string of the molecule is CCCNCCNC(=O)C1CCCN(C(=O)C(C)(C)C)C1. The van der Waals surface area contributed by atoms with Gasteiger partial charge < -0.3 is 15.5 Å². The Kier molecular flexibility index (Phi) is 7.15. The van der Waals surface area contributed by atoms with Gasteiger partial charge in [0.1, 0.15) is 0 Å². The molecule has 1 saturated heterocycles. The Morgan fingerprint density at radius 3 is 2.52 bits per heavy atom. The standard InChI is InChI=1S/C16H31N3O2/c1-5-8-17-9-10-18-14(20)13-7-6-11-19(12-13)15(21)16(2,3)4/h13,17H,5-12H2,1-4H3,(H,18,20). The van der Waals surface area contributed by atoms with E-state index in [0.717, 1.165) is 38.9 Å². The summed E-state index contributed by atoms with van der Waals surface area (Å²) in [5.74, 6) is 0.167. The minimum atomic E-state index is -0.373. The van der Waals surface area contributed by atoms with Crippen LogP contribution in [0.25, 0.3) is 0 Å². The number of hydrogen-bond donors (Lipinski definition) is 2. The zero-order valence-corrected chi connectivity index (χ0v) is 14.0. The fourth-order valence-electron chi connectivity index (χ4n) is 2.57. The molecule has 0 aromatic carbocycles. The second-order valence-electron chi connectivity index (χ2n) is 6.88. The van der Waals surface area contributed by atoms with Gasteiger partial charge in [-0.25, -0.2) is 0 Å².